The zero-order valence-electron chi connectivity index (χ0n) is 20.1. The summed E-state index contributed by atoms with van der Waals surface area (Å²) in [6.45, 7) is 5.07. The summed E-state index contributed by atoms with van der Waals surface area (Å²) in [6, 6.07) is 10.6. The predicted octanol–water partition coefficient (Wildman–Crippen LogP) is 5.24. The molecule has 0 bridgehead atoms. The molecule has 2 amide bonds. The third kappa shape index (κ3) is 8.10. The van der Waals surface area contributed by atoms with E-state index in [-0.39, 0.29) is 18.5 Å². The zero-order chi connectivity index (χ0) is 26.3. The first kappa shape index (κ1) is 29.4. The summed E-state index contributed by atoms with van der Waals surface area (Å²) in [4.78, 5) is 28.2. The van der Waals surface area contributed by atoms with Crippen LogP contribution in [0.15, 0.2) is 46.9 Å². The fraction of sp³-hybridized carbons (Fsp3) is 0.417. The van der Waals surface area contributed by atoms with E-state index >= 15 is 0 Å². The van der Waals surface area contributed by atoms with Gasteiger partial charge in [0.25, 0.3) is 0 Å². The maximum atomic E-state index is 13.7. The first-order valence-corrected chi connectivity index (χ1v) is 14.5. The summed E-state index contributed by atoms with van der Waals surface area (Å²) in [5.74, 6) is -0.881. The van der Waals surface area contributed by atoms with Crippen LogP contribution in [0.25, 0.3) is 0 Å². The fourth-order valence-electron chi connectivity index (χ4n) is 3.44. The molecule has 0 fully saturated rings. The molecule has 0 saturated heterocycles. The maximum Gasteiger partial charge on any atom is 0.244 e. The molecule has 0 aliphatic rings. The topological polar surface area (TPSA) is 86.8 Å². The van der Waals surface area contributed by atoms with E-state index in [0.29, 0.717) is 27.7 Å². The number of hydrogen-bond acceptors (Lipinski definition) is 4. The van der Waals surface area contributed by atoms with Crippen molar-refractivity contribution in [1.82, 2.24) is 10.2 Å². The second-order valence-corrected chi connectivity index (χ2v) is 11.8. The summed E-state index contributed by atoms with van der Waals surface area (Å²) in [5, 5.41) is 3.61. The number of benzene rings is 2. The van der Waals surface area contributed by atoms with E-state index in [1.807, 2.05) is 13.8 Å². The van der Waals surface area contributed by atoms with Crippen molar-refractivity contribution in [2.24, 2.45) is 0 Å². The van der Waals surface area contributed by atoms with Crippen molar-refractivity contribution in [3.05, 3.63) is 62.5 Å². The van der Waals surface area contributed by atoms with Crippen LogP contribution in [0.4, 0.5) is 5.69 Å². The van der Waals surface area contributed by atoms with Crippen LogP contribution in [-0.4, -0.2) is 50.0 Å². The standard InChI is InChI=1S/C24H30BrCl2N3O4S/c1-5-16(3)28-24(32)22(6-2)29(14-19-20(26)8-7-9-21(19)27)23(31)15-30(35(4,33)34)18-12-10-17(25)11-13-18/h7-13,16,22H,5-6,14-15H2,1-4H3,(H,28,32)/t16-,22-/m1/s1. The minimum atomic E-state index is -3.81. The van der Waals surface area contributed by atoms with E-state index in [9.17, 15) is 18.0 Å². The largest absolute Gasteiger partial charge is 0.352 e. The van der Waals surface area contributed by atoms with Crippen LogP contribution in [0.2, 0.25) is 10.0 Å². The zero-order valence-corrected chi connectivity index (χ0v) is 24.0. The normalized spacial score (nSPS) is 13.1. The Labute approximate surface area is 225 Å². The average molecular weight is 607 g/mol. The van der Waals surface area contributed by atoms with Gasteiger partial charge >= 0.3 is 0 Å². The Morgan fingerprint density at radius 2 is 1.60 bits per heavy atom. The highest BCUT2D eigenvalue weighted by Gasteiger charge is 2.32. The molecule has 7 nitrogen and oxygen atoms in total. The van der Waals surface area contributed by atoms with Gasteiger partial charge in [0.15, 0.2) is 0 Å². The lowest BCUT2D eigenvalue weighted by atomic mass is 10.1. The van der Waals surface area contributed by atoms with Gasteiger partial charge in [0, 0.05) is 32.7 Å². The van der Waals surface area contributed by atoms with Gasteiger partial charge in [0.2, 0.25) is 21.8 Å². The number of carbonyl (C=O) groups excluding carboxylic acids is 2. The van der Waals surface area contributed by atoms with Gasteiger partial charge in [0.05, 0.1) is 11.9 Å². The second-order valence-electron chi connectivity index (χ2n) is 8.21. The lowest BCUT2D eigenvalue weighted by Gasteiger charge is -2.33. The molecular formula is C24H30BrCl2N3O4S. The van der Waals surface area contributed by atoms with Gasteiger partial charge in [0.1, 0.15) is 12.6 Å². The molecule has 2 aromatic carbocycles. The lowest BCUT2D eigenvalue weighted by Crippen LogP contribution is -2.53. The van der Waals surface area contributed by atoms with Gasteiger partial charge in [-0.3, -0.25) is 13.9 Å². The van der Waals surface area contributed by atoms with E-state index in [1.54, 1.807) is 49.4 Å². The molecule has 0 aliphatic carbocycles. The van der Waals surface area contributed by atoms with Gasteiger partial charge in [-0.25, -0.2) is 8.42 Å². The van der Waals surface area contributed by atoms with Crippen LogP contribution in [0.5, 0.6) is 0 Å². The van der Waals surface area contributed by atoms with Gasteiger partial charge in [-0.15, -0.1) is 0 Å². The second kappa shape index (κ2) is 12.9. The first-order valence-electron chi connectivity index (χ1n) is 11.1. The molecule has 0 aliphatic heterocycles. The van der Waals surface area contributed by atoms with Crippen molar-refractivity contribution in [2.45, 2.75) is 52.2 Å². The summed E-state index contributed by atoms with van der Waals surface area (Å²) >= 11 is 16.1. The molecule has 11 heteroatoms. The average Bonchev–Trinajstić information content (AvgIpc) is 2.78. The van der Waals surface area contributed by atoms with Crippen LogP contribution in [0.1, 0.15) is 39.2 Å². The van der Waals surface area contributed by atoms with E-state index in [1.165, 1.54) is 4.90 Å². The predicted molar refractivity (Wildman–Crippen MR) is 145 cm³/mol. The smallest absolute Gasteiger partial charge is 0.244 e. The van der Waals surface area contributed by atoms with Gasteiger partial charge in [-0.1, -0.05) is 59.0 Å². The lowest BCUT2D eigenvalue weighted by molar-refractivity contribution is -0.140. The van der Waals surface area contributed by atoms with E-state index in [2.05, 4.69) is 21.2 Å². The highest BCUT2D eigenvalue weighted by molar-refractivity contribution is 9.10. The van der Waals surface area contributed by atoms with Crippen molar-refractivity contribution in [2.75, 3.05) is 17.1 Å². The van der Waals surface area contributed by atoms with Gasteiger partial charge < -0.3 is 10.2 Å². The molecule has 2 rings (SSSR count). The summed E-state index contributed by atoms with van der Waals surface area (Å²) in [6.07, 6.45) is 2.07. The van der Waals surface area contributed by atoms with E-state index in [0.717, 1.165) is 21.5 Å². The maximum absolute atomic E-state index is 13.7. The summed E-state index contributed by atoms with van der Waals surface area (Å²) in [7, 11) is -3.81. The van der Waals surface area contributed by atoms with Crippen molar-refractivity contribution < 1.29 is 18.0 Å². The number of halogens is 3. The molecule has 2 aromatic rings. The van der Waals surface area contributed by atoms with E-state index < -0.39 is 28.5 Å². The highest BCUT2D eigenvalue weighted by Crippen LogP contribution is 2.28. The van der Waals surface area contributed by atoms with Crippen molar-refractivity contribution in [1.29, 1.82) is 0 Å². The fourth-order valence-corrected chi connectivity index (χ4v) is 5.07. The number of anilines is 1. The minimum absolute atomic E-state index is 0.0539. The Balaban J connectivity index is 2.49. The minimum Gasteiger partial charge on any atom is -0.352 e. The number of carbonyl (C=O) groups is 2. The number of sulfonamides is 1. The molecule has 0 aromatic heterocycles. The third-order valence-electron chi connectivity index (χ3n) is 5.57. The summed E-state index contributed by atoms with van der Waals surface area (Å²) in [5.41, 5.74) is 0.811. The Morgan fingerprint density at radius 1 is 1.03 bits per heavy atom. The Morgan fingerprint density at radius 3 is 2.09 bits per heavy atom. The molecule has 0 unspecified atom stereocenters. The quantitative estimate of drug-likeness (QED) is 0.379. The SMILES string of the molecule is CC[C@@H](C)NC(=O)[C@@H](CC)N(Cc1c(Cl)cccc1Cl)C(=O)CN(c1ccc(Br)cc1)S(C)(=O)=O. The number of amides is 2. The first-order chi connectivity index (χ1) is 16.4. The van der Waals surface area contributed by atoms with Crippen molar-refractivity contribution in [3.8, 4) is 0 Å². The van der Waals surface area contributed by atoms with Crippen LogP contribution in [-0.2, 0) is 26.2 Å². The van der Waals surface area contributed by atoms with Gasteiger partial charge in [-0.2, -0.15) is 0 Å². The van der Waals surface area contributed by atoms with Crippen molar-refractivity contribution >= 4 is 66.7 Å². The molecular weight excluding hydrogens is 577 g/mol. The Bertz CT molecular complexity index is 1130. The van der Waals surface area contributed by atoms with Crippen LogP contribution < -0.4 is 9.62 Å². The molecule has 2 atom stereocenters. The molecule has 0 radical (unpaired) electrons. The molecule has 0 saturated carbocycles. The van der Waals surface area contributed by atoms with Gasteiger partial charge in [-0.05, 0) is 56.2 Å². The highest BCUT2D eigenvalue weighted by atomic mass is 79.9. The van der Waals surface area contributed by atoms with Crippen LogP contribution in [0.3, 0.4) is 0 Å². The number of nitrogens with zero attached hydrogens (tertiary/aromatic N) is 2. The molecule has 192 valence electrons. The number of nitrogens with one attached hydrogen (secondary N) is 1. The summed E-state index contributed by atoms with van der Waals surface area (Å²) < 4.78 is 27.0. The van der Waals surface area contributed by atoms with Crippen molar-refractivity contribution in [3.63, 3.8) is 0 Å². The molecule has 35 heavy (non-hydrogen) atoms. The van der Waals surface area contributed by atoms with Crippen LogP contribution in [0, 0.1) is 0 Å². The molecule has 1 N–H and O–H groups in total. The van der Waals surface area contributed by atoms with Crippen LogP contribution >= 0.6 is 39.1 Å². The Kier molecular flexibility index (Phi) is 10.9. The third-order valence-corrected chi connectivity index (χ3v) is 7.95. The van der Waals surface area contributed by atoms with E-state index in [4.69, 9.17) is 23.2 Å². The molecule has 0 spiro atoms. The number of hydrogen-bond donors (Lipinski definition) is 1. The molecule has 0 heterocycles. The monoisotopic (exact) mass is 605 g/mol. The number of rotatable bonds is 11. The Hall–Kier alpha value is -1.81.